The zero-order valence-electron chi connectivity index (χ0n) is 20.7. The Bertz CT molecular complexity index is 1370. The van der Waals surface area contributed by atoms with Crippen molar-refractivity contribution in [2.75, 3.05) is 0 Å². The molecule has 0 saturated heterocycles. The molecule has 5 rings (SSSR count). The lowest BCUT2D eigenvalue weighted by atomic mass is 9.95. The second-order valence-electron chi connectivity index (χ2n) is 9.10. The second kappa shape index (κ2) is 11.1. The summed E-state index contributed by atoms with van der Waals surface area (Å²) in [6.45, 7) is 2.09. The number of hydrogen-bond donors (Lipinski definition) is 2. The zero-order chi connectivity index (χ0) is 25.6. The molecule has 2 N–H and O–H groups in total. The molecule has 0 bridgehead atoms. The predicted molar refractivity (Wildman–Crippen MR) is 141 cm³/mol. The van der Waals surface area contributed by atoms with Crippen molar-refractivity contribution in [3.05, 3.63) is 95.2 Å². The number of nitrogens with zero attached hydrogens (tertiary/aromatic N) is 5. The fourth-order valence-corrected chi connectivity index (χ4v) is 4.61. The van der Waals surface area contributed by atoms with Gasteiger partial charge < -0.3 is 5.21 Å². The summed E-state index contributed by atoms with van der Waals surface area (Å²) >= 11 is 0. The Morgan fingerprint density at radius 2 is 1.70 bits per heavy atom. The van der Waals surface area contributed by atoms with Crippen LogP contribution in [0.5, 0.6) is 0 Å². The maximum absolute atomic E-state index is 13.1. The van der Waals surface area contributed by atoms with Crippen LogP contribution < -0.4 is 5.43 Å². The summed E-state index contributed by atoms with van der Waals surface area (Å²) in [5.41, 5.74) is 8.74. The Kier molecular flexibility index (Phi) is 7.32. The summed E-state index contributed by atoms with van der Waals surface area (Å²) < 4.78 is 0. The van der Waals surface area contributed by atoms with Crippen molar-refractivity contribution in [3.63, 3.8) is 0 Å². The van der Waals surface area contributed by atoms with Gasteiger partial charge in [-0.3, -0.25) is 4.79 Å². The van der Waals surface area contributed by atoms with E-state index in [1.165, 1.54) is 0 Å². The number of hydrazine groups is 2. The minimum atomic E-state index is -0.272. The van der Waals surface area contributed by atoms with Gasteiger partial charge in [0.1, 0.15) is 6.04 Å². The fraction of sp³-hybridized carbons (Fsp3) is 0.250. The van der Waals surface area contributed by atoms with Crippen LogP contribution in [0.1, 0.15) is 37.3 Å². The van der Waals surface area contributed by atoms with E-state index in [2.05, 4.69) is 57.2 Å². The first-order chi connectivity index (χ1) is 18.1. The standard InChI is InChI=1S/C28H29N7O2/c1-2-3-13-26-25(31-34(35(26)37)27(36)19-20-9-5-4-6-10-20)18-21-14-16-22(17-15-21)23-11-7-8-12-24(23)28-29-32-33-30-28/h4-12,14-17,25,31H,2-3,13,18-19H2,1H3,(H,29,30,32,33). The number of aromatic amines is 1. The van der Waals surface area contributed by atoms with Crippen LogP contribution in [0.4, 0.5) is 0 Å². The highest BCUT2D eigenvalue weighted by Gasteiger charge is 2.39. The van der Waals surface area contributed by atoms with Crippen molar-refractivity contribution < 1.29 is 9.64 Å². The molecule has 1 aliphatic heterocycles. The van der Waals surface area contributed by atoms with Gasteiger partial charge in [0.05, 0.1) is 6.42 Å². The summed E-state index contributed by atoms with van der Waals surface area (Å²) in [5.74, 6) is 0.270. The summed E-state index contributed by atoms with van der Waals surface area (Å²) in [5, 5.41) is 28.7. The predicted octanol–water partition coefficient (Wildman–Crippen LogP) is 4.09. The van der Waals surface area contributed by atoms with E-state index in [1.807, 2.05) is 54.6 Å². The molecule has 0 saturated carbocycles. The van der Waals surface area contributed by atoms with E-state index >= 15 is 0 Å². The van der Waals surface area contributed by atoms with Crippen molar-refractivity contribution >= 4 is 11.6 Å². The van der Waals surface area contributed by atoms with Gasteiger partial charge in [0.2, 0.25) is 11.5 Å². The largest absolute Gasteiger partial charge is 0.595 e. The van der Waals surface area contributed by atoms with Crippen molar-refractivity contribution in [2.24, 2.45) is 0 Å². The number of amides is 1. The first-order valence-corrected chi connectivity index (χ1v) is 12.5. The molecule has 3 aromatic carbocycles. The molecule has 2 heterocycles. The molecule has 37 heavy (non-hydrogen) atoms. The maximum atomic E-state index is 13.1. The molecule has 1 atom stereocenters. The molecule has 0 fully saturated rings. The van der Waals surface area contributed by atoms with Crippen LogP contribution in [-0.2, 0) is 17.6 Å². The van der Waals surface area contributed by atoms with Gasteiger partial charge in [-0.1, -0.05) is 97.1 Å². The smallest absolute Gasteiger partial charge is 0.302 e. The van der Waals surface area contributed by atoms with Gasteiger partial charge in [-0.25, -0.2) is 0 Å². The Labute approximate surface area is 215 Å². The van der Waals surface area contributed by atoms with Crippen LogP contribution in [0.2, 0.25) is 0 Å². The molecule has 0 aliphatic carbocycles. The fourth-order valence-electron chi connectivity index (χ4n) is 4.61. The average molecular weight is 496 g/mol. The highest BCUT2D eigenvalue weighted by molar-refractivity contribution is 5.88. The van der Waals surface area contributed by atoms with Crippen molar-refractivity contribution in [3.8, 4) is 22.5 Å². The molecule has 9 nitrogen and oxygen atoms in total. The normalized spacial score (nSPS) is 15.4. The lowest BCUT2D eigenvalue weighted by molar-refractivity contribution is -0.619. The van der Waals surface area contributed by atoms with Gasteiger partial charge in [-0.15, -0.1) is 10.2 Å². The molecular formula is C28H29N7O2. The number of hydrogen-bond acceptors (Lipinski definition) is 6. The van der Waals surface area contributed by atoms with Crippen LogP contribution >= 0.6 is 0 Å². The van der Waals surface area contributed by atoms with Crippen molar-refractivity contribution in [2.45, 2.75) is 45.1 Å². The van der Waals surface area contributed by atoms with Crippen LogP contribution in [0.25, 0.3) is 22.5 Å². The molecule has 4 aromatic rings. The third-order valence-corrected chi connectivity index (χ3v) is 6.55. The minimum Gasteiger partial charge on any atom is -0.595 e. The number of nitrogens with one attached hydrogen (secondary N) is 2. The van der Waals surface area contributed by atoms with E-state index in [-0.39, 0.29) is 18.4 Å². The number of carbonyl (C=O) groups excluding carboxylic acids is 1. The Morgan fingerprint density at radius 3 is 2.41 bits per heavy atom. The molecule has 1 aromatic heterocycles. The van der Waals surface area contributed by atoms with Crippen LogP contribution in [-0.4, -0.2) is 48.3 Å². The topological polar surface area (TPSA) is 113 Å². The number of benzene rings is 3. The maximum Gasteiger partial charge on any atom is 0.302 e. The SMILES string of the molecule is CCCCC1=[N+]([O-])N(C(=O)Cc2ccccc2)NC1Cc1ccc(-c2ccccc2-c2nn[nH]n2)cc1. The third kappa shape index (κ3) is 5.41. The van der Waals surface area contributed by atoms with E-state index in [0.717, 1.165) is 50.6 Å². The minimum absolute atomic E-state index is 0.162. The lowest BCUT2D eigenvalue weighted by Gasteiger charge is -2.15. The van der Waals surface area contributed by atoms with Crippen LogP contribution in [0, 0.1) is 5.21 Å². The molecule has 1 unspecified atom stereocenters. The number of hydrazone groups is 1. The monoisotopic (exact) mass is 495 g/mol. The number of unbranched alkanes of at least 4 members (excludes halogenated alkanes) is 1. The number of rotatable bonds is 9. The van der Waals surface area contributed by atoms with Gasteiger partial charge in [0.25, 0.3) is 0 Å². The summed E-state index contributed by atoms with van der Waals surface area (Å²) in [4.78, 5) is 13.7. The van der Waals surface area contributed by atoms with Gasteiger partial charge in [0, 0.05) is 12.0 Å². The summed E-state index contributed by atoms with van der Waals surface area (Å²) in [6, 6.07) is 25.4. The Balaban J connectivity index is 1.33. The number of aromatic nitrogens is 4. The molecule has 9 heteroatoms. The second-order valence-corrected chi connectivity index (χ2v) is 9.10. The van der Waals surface area contributed by atoms with E-state index in [4.69, 9.17) is 0 Å². The van der Waals surface area contributed by atoms with Gasteiger partial charge in [-0.2, -0.15) is 10.6 Å². The highest BCUT2D eigenvalue weighted by Crippen LogP contribution is 2.30. The van der Waals surface area contributed by atoms with E-state index in [0.29, 0.717) is 24.4 Å². The zero-order valence-corrected chi connectivity index (χ0v) is 20.7. The number of H-pyrrole nitrogens is 1. The molecule has 1 aliphatic rings. The Morgan fingerprint density at radius 1 is 0.973 bits per heavy atom. The first kappa shape index (κ1) is 24.3. The van der Waals surface area contributed by atoms with Crippen LogP contribution in [0.15, 0.2) is 78.9 Å². The first-order valence-electron chi connectivity index (χ1n) is 12.5. The molecule has 188 valence electrons. The van der Waals surface area contributed by atoms with Crippen molar-refractivity contribution in [1.29, 1.82) is 0 Å². The van der Waals surface area contributed by atoms with Gasteiger partial charge in [0.15, 0.2) is 0 Å². The summed E-state index contributed by atoms with van der Waals surface area (Å²) in [7, 11) is 0. The molecular weight excluding hydrogens is 466 g/mol. The third-order valence-electron chi connectivity index (χ3n) is 6.55. The number of tetrazole rings is 1. The van der Waals surface area contributed by atoms with E-state index in [1.54, 1.807) is 0 Å². The molecule has 0 spiro atoms. The summed E-state index contributed by atoms with van der Waals surface area (Å²) in [6.07, 6.45) is 3.26. The quantitative estimate of drug-likeness (QED) is 0.267. The van der Waals surface area contributed by atoms with E-state index in [9.17, 15) is 10.0 Å². The molecule has 0 radical (unpaired) electrons. The van der Waals surface area contributed by atoms with Gasteiger partial charge in [-0.05, 0) is 45.4 Å². The number of carbonyl (C=O) groups is 1. The lowest BCUT2D eigenvalue weighted by Crippen LogP contribution is -2.46. The average Bonchev–Trinajstić information content (AvgIpc) is 3.57. The highest BCUT2D eigenvalue weighted by atomic mass is 16.5. The van der Waals surface area contributed by atoms with Crippen LogP contribution in [0.3, 0.4) is 0 Å². The van der Waals surface area contributed by atoms with Gasteiger partial charge >= 0.3 is 5.91 Å². The van der Waals surface area contributed by atoms with Crippen molar-refractivity contribution in [1.82, 2.24) is 31.2 Å². The Hall–Kier alpha value is -4.37. The van der Waals surface area contributed by atoms with E-state index < -0.39 is 0 Å². The molecule has 1 amide bonds.